The zero-order valence-corrected chi connectivity index (χ0v) is 16.0. The maximum absolute atomic E-state index is 12.9. The first kappa shape index (κ1) is 17.4. The lowest BCUT2D eigenvalue weighted by molar-refractivity contribution is 0.215. The summed E-state index contributed by atoms with van der Waals surface area (Å²) in [6.07, 6.45) is 7.79. The summed E-state index contributed by atoms with van der Waals surface area (Å²) < 4.78 is 1.79. The van der Waals surface area contributed by atoms with Crippen molar-refractivity contribution < 1.29 is 4.79 Å². The zero-order valence-electron chi connectivity index (χ0n) is 16.0. The molecule has 4 heterocycles. The summed E-state index contributed by atoms with van der Waals surface area (Å²) in [6, 6.07) is 9.68. The number of nitrogens with two attached hydrogens (primary N) is 1. The molecular formula is C21H21N7O. The number of nitrogens with one attached hydrogen (secondary N) is 1. The van der Waals surface area contributed by atoms with Crippen LogP contribution in [0.4, 0.5) is 10.5 Å². The smallest absolute Gasteiger partial charge is 0.322 e. The summed E-state index contributed by atoms with van der Waals surface area (Å²) >= 11 is 0. The van der Waals surface area contributed by atoms with Gasteiger partial charge in [0.1, 0.15) is 0 Å². The Labute approximate surface area is 167 Å². The number of aryl methyl sites for hydroxylation is 1. The largest absolute Gasteiger partial charge is 0.405 e. The van der Waals surface area contributed by atoms with E-state index in [1.807, 2.05) is 48.4 Å². The van der Waals surface area contributed by atoms with Gasteiger partial charge in [-0.05, 0) is 55.4 Å². The molecule has 3 N–H and O–H groups in total. The van der Waals surface area contributed by atoms with E-state index >= 15 is 0 Å². The number of hydrogen-bond acceptors (Lipinski definition) is 5. The van der Waals surface area contributed by atoms with Crippen molar-refractivity contribution in [2.45, 2.75) is 25.4 Å². The van der Waals surface area contributed by atoms with E-state index < -0.39 is 0 Å². The van der Waals surface area contributed by atoms with Crippen LogP contribution in [0, 0.1) is 6.92 Å². The number of rotatable bonds is 3. The van der Waals surface area contributed by atoms with Crippen LogP contribution < -0.4 is 11.1 Å². The maximum atomic E-state index is 12.9. The van der Waals surface area contributed by atoms with E-state index in [2.05, 4.69) is 20.4 Å². The fourth-order valence-electron chi connectivity index (χ4n) is 4.06. The number of benzene rings is 1. The van der Waals surface area contributed by atoms with E-state index in [4.69, 9.17) is 5.73 Å². The van der Waals surface area contributed by atoms with Gasteiger partial charge in [0.25, 0.3) is 0 Å². The summed E-state index contributed by atoms with van der Waals surface area (Å²) in [5.41, 5.74) is 9.94. The number of carbonyl (C=O) groups excluding carboxylic acids is 1. The van der Waals surface area contributed by atoms with E-state index in [0.717, 1.165) is 28.8 Å². The van der Waals surface area contributed by atoms with Gasteiger partial charge in [0, 0.05) is 24.0 Å². The van der Waals surface area contributed by atoms with E-state index in [9.17, 15) is 4.79 Å². The van der Waals surface area contributed by atoms with Crippen LogP contribution in [0.5, 0.6) is 0 Å². The van der Waals surface area contributed by atoms with E-state index in [1.54, 1.807) is 16.8 Å². The lowest BCUT2D eigenvalue weighted by Gasteiger charge is -2.26. The number of carbonyl (C=O) groups is 1. The van der Waals surface area contributed by atoms with Gasteiger partial charge in [-0.3, -0.25) is 4.99 Å². The van der Waals surface area contributed by atoms with Crippen LogP contribution in [-0.4, -0.2) is 49.9 Å². The standard InChI is InChI=1S/C21H21N7O/c1-13-4-5-14(9-17(13)20-23-11-16-3-2-8-28(16)26-20)25-21(29)27-12-15-10-19(27)18(24-15)6-7-22/h2-9,11,15,19H,10,12,22H2,1H3,(H,25,29)/b7-6-/t15-,19?/m0/s1. The van der Waals surface area contributed by atoms with Crippen molar-refractivity contribution in [2.24, 2.45) is 10.7 Å². The Balaban J connectivity index is 1.39. The third-order valence-corrected chi connectivity index (χ3v) is 5.49. The molecule has 1 aromatic carbocycles. The number of aromatic nitrogens is 3. The number of aliphatic imine (C=N–C) groups is 1. The second-order valence-electron chi connectivity index (χ2n) is 7.39. The number of hydrogen-bond donors (Lipinski definition) is 2. The molecular weight excluding hydrogens is 366 g/mol. The Morgan fingerprint density at radius 2 is 2.24 bits per heavy atom. The third kappa shape index (κ3) is 3.02. The van der Waals surface area contributed by atoms with Gasteiger partial charge in [0.2, 0.25) is 0 Å². The minimum absolute atomic E-state index is 0.01000. The molecule has 3 aromatic rings. The van der Waals surface area contributed by atoms with Crippen LogP contribution in [0.3, 0.4) is 0 Å². The Hall–Kier alpha value is -3.68. The Morgan fingerprint density at radius 1 is 1.34 bits per heavy atom. The van der Waals surface area contributed by atoms with Gasteiger partial charge in [-0.2, -0.15) is 0 Å². The molecule has 0 saturated carbocycles. The van der Waals surface area contributed by atoms with Crippen molar-refractivity contribution in [3.63, 3.8) is 0 Å². The van der Waals surface area contributed by atoms with Crippen molar-refractivity contribution in [2.75, 3.05) is 11.9 Å². The summed E-state index contributed by atoms with van der Waals surface area (Å²) in [5.74, 6) is 0.616. The SMILES string of the molecule is Cc1ccc(NC(=O)N2C[C@@H]3CC2C(/C=C\N)=N3)cc1-c1ncc2cccn2n1. The molecule has 2 aliphatic heterocycles. The average Bonchev–Trinajstić information content (AvgIpc) is 3.44. The van der Waals surface area contributed by atoms with Crippen LogP contribution in [0.25, 0.3) is 16.9 Å². The highest BCUT2D eigenvalue weighted by Gasteiger charge is 2.42. The third-order valence-electron chi connectivity index (χ3n) is 5.49. The molecule has 2 amide bonds. The maximum Gasteiger partial charge on any atom is 0.322 e. The van der Waals surface area contributed by atoms with Crippen molar-refractivity contribution in [3.05, 3.63) is 60.6 Å². The molecule has 1 unspecified atom stereocenters. The molecule has 8 nitrogen and oxygen atoms in total. The van der Waals surface area contributed by atoms with Gasteiger partial charge in [0.15, 0.2) is 5.82 Å². The first-order chi connectivity index (χ1) is 14.1. The summed E-state index contributed by atoms with van der Waals surface area (Å²) in [6.45, 7) is 2.63. The summed E-state index contributed by atoms with van der Waals surface area (Å²) in [4.78, 5) is 23.8. The van der Waals surface area contributed by atoms with Gasteiger partial charge >= 0.3 is 6.03 Å². The molecule has 2 aromatic heterocycles. The second kappa shape index (κ2) is 6.73. The van der Waals surface area contributed by atoms with E-state index in [0.29, 0.717) is 18.1 Å². The van der Waals surface area contributed by atoms with Crippen LogP contribution >= 0.6 is 0 Å². The van der Waals surface area contributed by atoms with Crippen LogP contribution in [0.1, 0.15) is 12.0 Å². The Kier molecular flexibility index (Phi) is 4.04. The fourth-order valence-corrected chi connectivity index (χ4v) is 4.06. The first-order valence-electron chi connectivity index (χ1n) is 9.57. The Morgan fingerprint density at radius 3 is 3.07 bits per heavy atom. The number of amides is 2. The molecule has 1 saturated heterocycles. The molecule has 8 heteroatoms. The summed E-state index contributed by atoms with van der Waals surface area (Å²) in [7, 11) is 0. The number of anilines is 1. The van der Waals surface area contributed by atoms with E-state index in [1.165, 1.54) is 6.20 Å². The molecule has 2 atom stereocenters. The topological polar surface area (TPSA) is 101 Å². The molecule has 0 aliphatic carbocycles. The molecule has 29 heavy (non-hydrogen) atoms. The number of fused-ring (bicyclic) bond motifs is 3. The minimum Gasteiger partial charge on any atom is -0.405 e. The highest BCUT2D eigenvalue weighted by Crippen LogP contribution is 2.30. The highest BCUT2D eigenvalue weighted by atomic mass is 16.2. The van der Waals surface area contributed by atoms with Crippen LogP contribution in [0.2, 0.25) is 0 Å². The molecule has 5 rings (SSSR count). The molecule has 0 spiro atoms. The monoisotopic (exact) mass is 387 g/mol. The molecule has 0 radical (unpaired) electrons. The number of nitrogens with zero attached hydrogens (tertiary/aromatic N) is 5. The van der Waals surface area contributed by atoms with Crippen molar-refractivity contribution >= 4 is 22.9 Å². The lowest BCUT2D eigenvalue weighted by Crippen LogP contribution is -2.44. The van der Waals surface area contributed by atoms with Gasteiger partial charge in [-0.25, -0.2) is 14.3 Å². The van der Waals surface area contributed by atoms with Gasteiger partial charge in [-0.1, -0.05) is 6.07 Å². The molecule has 1 fully saturated rings. The predicted octanol–water partition coefficient (Wildman–Crippen LogP) is 2.61. The predicted molar refractivity (Wildman–Crippen MR) is 112 cm³/mol. The number of likely N-dealkylation sites (tertiary alicyclic amines) is 1. The Bertz CT molecular complexity index is 1160. The van der Waals surface area contributed by atoms with Crippen molar-refractivity contribution in [3.8, 4) is 11.4 Å². The van der Waals surface area contributed by atoms with Crippen LogP contribution in [-0.2, 0) is 0 Å². The normalized spacial score (nSPS) is 20.6. The van der Waals surface area contributed by atoms with E-state index in [-0.39, 0.29) is 18.1 Å². The second-order valence-corrected chi connectivity index (χ2v) is 7.39. The molecule has 2 bridgehead atoms. The zero-order chi connectivity index (χ0) is 20.0. The fraction of sp³-hybridized carbons (Fsp3) is 0.238. The van der Waals surface area contributed by atoms with Gasteiger partial charge < -0.3 is 16.0 Å². The van der Waals surface area contributed by atoms with Crippen molar-refractivity contribution in [1.29, 1.82) is 0 Å². The highest BCUT2D eigenvalue weighted by molar-refractivity contribution is 6.04. The van der Waals surface area contributed by atoms with Gasteiger partial charge in [-0.15, -0.1) is 5.10 Å². The molecule has 146 valence electrons. The quantitative estimate of drug-likeness (QED) is 0.721. The average molecular weight is 387 g/mol. The number of urea groups is 1. The lowest BCUT2D eigenvalue weighted by atomic mass is 10.1. The van der Waals surface area contributed by atoms with Crippen LogP contribution in [0.15, 0.2) is 60.0 Å². The first-order valence-corrected chi connectivity index (χ1v) is 9.57. The van der Waals surface area contributed by atoms with Gasteiger partial charge in [0.05, 0.1) is 29.5 Å². The molecule has 2 aliphatic rings. The minimum atomic E-state index is -0.132. The van der Waals surface area contributed by atoms with Crippen molar-refractivity contribution in [1.82, 2.24) is 19.5 Å². The summed E-state index contributed by atoms with van der Waals surface area (Å²) in [5, 5.41) is 7.59.